The molecule has 6 rings (SSSR count). The van der Waals surface area contributed by atoms with Crippen molar-refractivity contribution in [1.82, 2.24) is 9.80 Å². The Hall–Kier alpha value is -3.35. The molecule has 0 radical (unpaired) electrons. The molecule has 4 heterocycles. The lowest BCUT2D eigenvalue weighted by atomic mass is 9.81. The molecule has 2 unspecified atom stereocenters. The third-order valence-electron chi connectivity index (χ3n) is 7.89. The zero-order valence-corrected chi connectivity index (χ0v) is 18.6. The van der Waals surface area contributed by atoms with Crippen LogP contribution in [0.4, 0.5) is 16.2 Å². The standard InChI is InChI=1S/C26H28N4O3/c31-23-10-5-13-28(23)14-11-18-16-30(22-9-4-1-6-19(18)22)25(33)29-15-12-26(17-29)20-7-2-3-8-21(20)27-24(26)32/h1-4,6-9,18H,5,10-17H2,(H,27,32). The number of urea groups is 1. The first-order valence-electron chi connectivity index (χ1n) is 11.9. The molecule has 0 bridgehead atoms. The first-order valence-corrected chi connectivity index (χ1v) is 11.9. The van der Waals surface area contributed by atoms with E-state index in [0.717, 1.165) is 42.9 Å². The minimum absolute atomic E-state index is 0.00558. The maximum Gasteiger partial charge on any atom is 0.324 e. The summed E-state index contributed by atoms with van der Waals surface area (Å²) < 4.78 is 0. The largest absolute Gasteiger partial charge is 0.343 e. The van der Waals surface area contributed by atoms with Gasteiger partial charge in [0.25, 0.3) is 0 Å². The van der Waals surface area contributed by atoms with Crippen LogP contribution in [0.25, 0.3) is 0 Å². The average molecular weight is 445 g/mol. The van der Waals surface area contributed by atoms with Crippen LogP contribution in [-0.2, 0) is 15.0 Å². The number of nitrogens with one attached hydrogen (secondary N) is 1. The molecule has 2 aromatic rings. The number of rotatable bonds is 3. The fourth-order valence-corrected chi connectivity index (χ4v) is 6.10. The Morgan fingerprint density at radius 3 is 2.73 bits per heavy atom. The molecule has 0 saturated carbocycles. The van der Waals surface area contributed by atoms with E-state index in [4.69, 9.17) is 0 Å². The minimum Gasteiger partial charge on any atom is -0.343 e. The van der Waals surface area contributed by atoms with Crippen LogP contribution < -0.4 is 10.2 Å². The van der Waals surface area contributed by atoms with Crippen molar-refractivity contribution < 1.29 is 14.4 Å². The van der Waals surface area contributed by atoms with Gasteiger partial charge in [0.15, 0.2) is 0 Å². The summed E-state index contributed by atoms with van der Waals surface area (Å²) in [6.07, 6.45) is 3.08. The zero-order valence-electron chi connectivity index (χ0n) is 18.6. The Labute approximate surface area is 193 Å². The molecule has 4 amide bonds. The van der Waals surface area contributed by atoms with Crippen LogP contribution in [0.1, 0.15) is 42.7 Å². The van der Waals surface area contributed by atoms with Crippen LogP contribution in [0.5, 0.6) is 0 Å². The molecule has 2 atom stereocenters. The van der Waals surface area contributed by atoms with E-state index in [9.17, 15) is 14.4 Å². The summed E-state index contributed by atoms with van der Waals surface area (Å²) in [7, 11) is 0. The van der Waals surface area contributed by atoms with Crippen molar-refractivity contribution in [2.24, 2.45) is 0 Å². The van der Waals surface area contributed by atoms with Crippen molar-refractivity contribution in [2.75, 3.05) is 42.9 Å². The molecule has 0 aliphatic carbocycles. The smallest absolute Gasteiger partial charge is 0.324 e. The maximum atomic E-state index is 13.7. The Morgan fingerprint density at radius 1 is 1.06 bits per heavy atom. The molecule has 4 aliphatic rings. The number of likely N-dealkylation sites (tertiary alicyclic amines) is 2. The van der Waals surface area contributed by atoms with E-state index in [1.807, 2.05) is 57.2 Å². The van der Waals surface area contributed by atoms with Crippen LogP contribution in [0.15, 0.2) is 48.5 Å². The van der Waals surface area contributed by atoms with Gasteiger partial charge in [-0.25, -0.2) is 4.79 Å². The molecule has 0 aromatic heterocycles. The number of hydrogen-bond donors (Lipinski definition) is 1. The van der Waals surface area contributed by atoms with E-state index >= 15 is 0 Å². The van der Waals surface area contributed by atoms with Gasteiger partial charge in [0.05, 0.1) is 5.41 Å². The molecular formula is C26H28N4O3. The van der Waals surface area contributed by atoms with E-state index < -0.39 is 5.41 Å². The van der Waals surface area contributed by atoms with Crippen molar-refractivity contribution in [2.45, 2.75) is 37.0 Å². The second-order valence-corrected chi connectivity index (χ2v) is 9.68. The fraction of sp³-hybridized carbons (Fsp3) is 0.423. The molecule has 4 aliphatic heterocycles. The lowest BCUT2D eigenvalue weighted by Crippen LogP contribution is -2.45. The Bertz CT molecular complexity index is 1150. The van der Waals surface area contributed by atoms with Gasteiger partial charge in [-0.2, -0.15) is 0 Å². The first kappa shape index (κ1) is 20.3. The number of anilines is 2. The third-order valence-corrected chi connectivity index (χ3v) is 7.89. The molecule has 33 heavy (non-hydrogen) atoms. The number of nitrogens with zero attached hydrogens (tertiary/aromatic N) is 3. The summed E-state index contributed by atoms with van der Waals surface area (Å²) in [6.45, 7) is 3.16. The predicted molar refractivity (Wildman–Crippen MR) is 125 cm³/mol. The van der Waals surface area contributed by atoms with Gasteiger partial charge in [0.2, 0.25) is 11.8 Å². The highest BCUT2D eigenvalue weighted by Crippen LogP contribution is 2.45. The third kappa shape index (κ3) is 3.13. The fourth-order valence-electron chi connectivity index (χ4n) is 6.10. The minimum atomic E-state index is -0.652. The van der Waals surface area contributed by atoms with Crippen LogP contribution in [0.3, 0.4) is 0 Å². The van der Waals surface area contributed by atoms with Gasteiger partial charge in [-0.1, -0.05) is 36.4 Å². The first-order chi connectivity index (χ1) is 16.1. The van der Waals surface area contributed by atoms with Crippen molar-refractivity contribution in [3.63, 3.8) is 0 Å². The number of benzene rings is 2. The maximum absolute atomic E-state index is 13.7. The number of hydrogen-bond acceptors (Lipinski definition) is 3. The lowest BCUT2D eigenvalue weighted by molar-refractivity contribution is -0.127. The van der Waals surface area contributed by atoms with Gasteiger partial charge in [-0.05, 0) is 42.5 Å². The Morgan fingerprint density at radius 2 is 1.88 bits per heavy atom. The highest BCUT2D eigenvalue weighted by atomic mass is 16.2. The summed E-state index contributed by atoms with van der Waals surface area (Å²) in [5.41, 5.74) is 3.34. The lowest BCUT2D eigenvalue weighted by Gasteiger charge is -2.27. The van der Waals surface area contributed by atoms with E-state index in [0.29, 0.717) is 32.5 Å². The normalized spacial score (nSPS) is 25.7. The molecule has 1 N–H and O–H groups in total. The average Bonchev–Trinajstić information content (AvgIpc) is 3.59. The molecular weight excluding hydrogens is 416 g/mol. The quantitative estimate of drug-likeness (QED) is 0.789. The molecule has 2 fully saturated rings. The molecule has 1 spiro atoms. The van der Waals surface area contributed by atoms with E-state index in [-0.39, 0.29) is 23.8 Å². The summed E-state index contributed by atoms with van der Waals surface area (Å²) in [5, 5.41) is 3.01. The molecule has 170 valence electrons. The summed E-state index contributed by atoms with van der Waals surface area (Å²) in [6, 6.07) is 15.9. The molecule has 7 nitrogen and oxygen atoms in total. The monoisotopic (exact) mass is 444 g/mol. The van der Waals surface area contributed by atoms with Gasteiger partial charge in [-0.15, -0.1) is 0 Å². The summed E-state index contributed by atoms with van der Waals surface area (Å²) in [4.78, 5) is 44.3. The number of carbonyl (C=O) groups is 3. The highest BCUT2D eigenvalue weighted by Gasteiger charge is 2.52. The Balaban J connectivity index is 1.21. The second-order valence-electron chi connectivity index (χ2n) is 9.68. The van der Waals surface area contributed by atoms with Crippen LogP contribution in [-0.4, -0.2) is 60.4 Å². The second kappa shape index (κ2) is 7.61. The number of carbonyl (C=O) groups excluding carboxylic acids is 3. The van der Waals surface area contributed by atoms with Gasteiger partial charge in [0.1, 0.15) is 0 Å². The van der Waals surface area contributed by atoms with E-state index in [1.165, 1.54) is 5.56 Å². The van der Waals surface area contributed by atoms with Crippen LogP contribution >= 0.6 is 0 Å². The van der Waals surface area contributed by atoms with Gasteiger partial charge in [-0.3, -0.25) is 14.5 Å². The van der Waals surface area contributed by atoms with Crippen LogP contribution in [0, 0.1) is 0 Å². The number of amides is 4. The predicted octanol–water partition coefficient (Wildman–Crippen LogP) is 3.32. The zero-order chi connectivity index (χ0) is 22.6. The SMILES string of the molecule is O=C1CCCN1CCC1CN(C(=O)N2CCC3(C2)C(=O)Nc2ccccc23)c2ccccc21. The Kier molecular flexibility index (Phi) is 4.67. The molecule has 2 aromatic carbocycles. The summed E-state index contributed by atoms with van der Waals surface area (Å²) >= 11 is 0. The number of fused-ring (bicyclic) bond motifs is 3. The van der Waals surface area contributed by atoms with Gasteiger partial charge < -0.3 is 15.1 Å². The number of para-hydroxylation sites is 2. The van der Waals surface area contributed by atoms with Crippen LogP contribution in [0.2, 0.25) is 0 Å². The van der Waals surface area contributed by atoms with Crippen molar-refractivity contribution in [3.8, 4) is 0 Å². The van der Waals surface area contributed by atoms with E-state index in [2.05, 4.69) is 11.4 Å². The van der Waals surface area contributed by atoms with E-state index in [1.54, 1.807) is 0 Å². The van der Waals surface area contributed by atoms with Gasteiger partial charge >= 0.3 is 6.03 Å². The molecule has 2 saturated heterocycles. The van der Waals surface area contributed by atoms with Gasteiger partial charge in [0, 0.05) is 56.4 Å². The van der Waals surface area contributed by atoms with Crippen molar-refractivity contribution in [3.05, 3.63) is 59.7 Å². The highest BCUT2D eigenvalue weighted by molar-refractivity contribution is 6.07. The topological polar surface area (TPSA) is 73.0 Å². The van der Waals surface area contributed by atoms with Crippen molar-refractivity contribution in [1.29, 1.82) is 0 Å². The molecule has 7 heteroatoms. The van der Waals surface area contributed by atoms with Crippen molar-refractivity contribution >= 4 is 29.2 Å². The summed E-state index contributed by atoms with van der Waals surface area (Å²) in [5.74, 6) is 0.450.